The Kier molecular flexibility index (Phi) is 12.5. The summed E-state index contributed by atoms with van der Waals surface area (Å²) in [4.78, 5) is 32.1. The molecule has 12 rings (SSSR count). The molecule has 2 unspecified atom stereocenters. The fourth-order valence-electron chi connectivity index (χ4n) is 11.5. The van der Waals surface area contributed by atoms with Crippen LogP contribution in [-0.2, 0) is 13.1 Å². The number of nitrogens with zero attached hydrogens (tertiary/aromatic N) is 12. The number of hydrogen-bond acceptors (Lipinski definition) is 14. The highest BCUT2D eigenvalue weighted by Gasteiger charge is 2.44. The van der Waals surface area contributed by atoms with E-state index < -0.39 is 0 Å². The van der Waals surface area contributed by atoms with Crippen LogP contribution < -0.4 is 29.9 Å². The first-order valence-electron chi connectivity index (χ1n) is 24.6. The Morgan fingerprint density at radius 3 is 1.29 bits per heavy atom. The Bertz CT molecular complexity index is 2450. The van der Waals surface area contributed by atoms with E-state index in [1.165, 1.54) is 49.9 Å². The summed E-state index contributed by atoms with van der Waals surface area (Å²) in [5.74, 6) is 8.04. The summed E-state index contributed by atoms with van der Waals surface area (Å²) in [6.45, 7) is 9.62. The first-order chi connectivity index (χ1) is 33.2. The van der Waals surface area contributed by atoms with Gasteiger partial charge < -0.3 is 29.9 Å². The predicted octanol–water partition coefficient (Wildman–Crippen LogP) is 8.29. The Labute approximate surface area is 395 Å². The van der Waals surface area contributed by atoms with Crippen LogP contribution in [0.2, 0.25) is 0 Å². The first-order valence-corrected chi connectivity index (χ1v) is 24.6. The number of aryl methyl sites for hydroxylation is 4. The number of fused-ring (bicyclic) bond motifs is 6. The predicted molar refractivity (Wildman–Crippen MR) is 252 cm³/mol. The normalized spacial score (nSPS) is 26.1. The smallest absolute Gasteiger partial charge is 0.242 e. The summed E-state index contributed by atoms with van der Waals surface area (Å²) in [6, 6.07) is 17.3. The van der Waals surface area contributed by atoms with Gasteiger partial charge in [0.05, 0.1) is 0 Å². The lowest BCUT2D eigenvalue weighted by Gasteiger charge is -2.38. The molecule has 18 heteroatoms. The molecular weight excluding hydrogens is 867 g/mol. The maximum Gasteiger partial charge on any atom is 0.242 e. The maximum absolute atomic E-state index is 13.3. The third-order valence-electron chi connectivity index (χ3n) is 14.8. The fourth-order valence-corrected chi connectivity index (χ4v) is 11.5. The van der Waals surface area contributed by atoms with E-state index in [-0.39, 0.29) is 23.8 Å². The van der Waals surface area contributed by atoms with Crippen molar-refractivity contribution in [2.75, 3.05) is 46.6 Å². The Morgan fingerprint density at radius 1 is 0.515 bits per heavy atom. The molecule has 356 valence electrons. The van der Waals surface area contributed by atoms with Gasteiger partial charge in [-0.25, -0.2) is 38.1 Å². The van der Waals surface area contributed by atoms with Crippen LogP contribution in [0.4, 0.5) is 32.3 Å². The molecule has 8 atom stereocenters. The van der Waals surface area contributed by atoms with Crippen LogP contribution in [0.1, 0.15) is 99.5 Å². The molecule has 0 radical (unpaired) electrons. The standard InChI is InChI=1S/2C25H30FN7O/c2*1-16-12-22(28-15-27-16)32-13-17-5-6-18(14-32)23(17)29-25-30-24-21(4-2-3-11-33(24)31-25)34-20-9-7-19(26)8-10-20/h2*7-10,12,15,17-18,21,23H,2-6,11,13-14H2,1H3,(H,29,31)/t2*17-,18+,21-,23?/m10/s1. The second-order valence-electron chi connectivity index (χ2n) is 19.5. The van der Waals surface area contributed by atoms with Gasteiger partial charge in [0.15, 0.2) is 23.9 Å². The average Bonchev–Trinajstić information content (AvgIpc) is 3.97. The highest BCUT2D eigenvalue weighted by atomic mass is 19.1. The minimum atomic E-state index is -0.265. The molecule has 2 aromatic carbocycles. The van der Waals surface area contributed by atoms with Crippen molar-refractivity contribution in [3.05, 3.63) is 108 Å². The second kappa shape index (κ2) is 19.3. The Balaban J connectivity index is 0.000000149. The zero-order chi connectivity index (χ0) is 46.1. The molecule has 4 bridgehead atoms. The molecule has 4 aromatic heterocycles. The summed E-state index contributed by atoms with van der Waals surface area (Å²) in [5.41, 5.74) is 2.00. The third-order valence-corrected chi connectivity index (χ3v) is 14.8. The van der Waals surface area contributed by atoms with Gasteiger partial charge in [0.2, 0.25) is 11.9 Å². The number of ether oxygens (including phenoxy) is 2. The van der Waals surface area contributed by atoms with E-state index in [1.54, 1.807) is 36.9 Å². The minimum Gasteiger partial charge on any atom is -0.482 e. The quantitative estimate of drug-likeness (QED) is 0.135. The van der Waals surface area contributed by atoms with E-state index in [0.29, 0.717) is 59.2 Å². The van der Waals surface area contributed by atoms with Crippen molar-refractivity contribution < 1.29 is 18.3 Å². The van der Waals surface area contributed by atoms with Gasteiger partial charge in [0.25, 0.3) is 0 Å². The molecule has 2 aliphatic carbocycles. The second-order valence-corrected chi connectivity index (χ2v) is 19.5. The van der Waals surface area contributed by atoms with Gasteiger partial charge in [-0.2, -0.15) is 9.97 Å². The van der Waals surface area contributed by atoms with Crippen molar-refractivity contribution in [3.8, 4) is 11.5 Å². The monoisotopic (exact) mass is 926 g/mol. The summed E-state index contributed by atoms with van der Waals surface area (Å²) in [7, 11) is 0. The number of piperidine rings is 2. The lowest BCUT2D eigenvalue weighted by molar-refractivity contribution is 0.183. The first kappa shape index (κ1) is 44.1. The van der Waals surface area contributed by atoms with Crippen LogP contribution in [0.3, 0.4) is 0 Å². The van der Waals surface area contributed by atoms with Crippen LogP contribution in [0, 0.1) is 49.2 Å². The molecule has 6 aliphatic rings. The molecule has 4 aliphatic heterocycles. The van der Waals surface area contributed by atoms with Gasteiger partial charge >= 0.3 is 0 Å². The Morgan fingerprint density at radius 2 is 0.912 bits per heavy atom. The molecule has 2 N–H and O–H groups in total. The van der Waals surface area contributed by atoms with Crippen LogP contribution >= 0.6 is 0 Å². The van der Waals surface area contributed by atoms with E-state index in [4.69, 9.17) is 29.6 Å². The molecule has 4 fully saturated rings. The topological polar surface area (TPSA) is 162 Å². The zero-order valence-electron chi connectivity index (χ0n) is 38.8. The van der Waals surface area contributed by atoms with Gasteiger partial charge in [-0.05, 0) is 150 Å². The van der Waals surface area contributed by atoms with Gasteiger partial charge in [0, 0.05) is 74.9 Å². The maximum atomic E-state index is 13.3. The Hall–Kier alpha value is -6.46. The van der Waals surface area contributed by atoms with Gasteiger partial charge in [-0.1, -0.05) is 0 Å². The molecule has 0 amide bonds. The lowest BCUT2D eigenvalue weighted by atomic mass is 9.92. The minimum absolute atomic E-state index is 0.185. The highest BCUT2D eigenvalue weighted by Crippen LogP contribution is 2.42. The number of rotatable bonds is 10. The average molecular weight is 927 g/mol. The number of hydrogen-bond donors (Lipinski definition) is 2. The van der Waals surface area contributed by atoms with Crippen LogP contribution in [0.5, 0.6) is 11.5 Å². The van der Waals surface area contributed by atoms with E-state index in [0.717, 1.165) is 112 Å². The number of halogens is 2. The molecule has 68 heavy (non-hydrogen) atoms. The van der Waals surface area contributed by atoms with E-state index in [1.807, 2.05) is 23.2 Å². The molecule has 2 saturated heterocycles. The van der Waals surface area contributed by atoms with Crippen LogP contribution in [-0.4, -0.2) is 87.7 Å². The van der Waals surface area contributed by atoms with Crippen molar-refractivity contribution in [1.29, 1.82) is 0 Å². The van der Waals surface area contributed by atoms with E-state index in [2.05, 4.69) is 52.5 Å². The molecule has 16 nitrogen and oxygen atoms in total. The van der Waals surface area contributed by atoms with Crippen LogP contribution in [0.15, 0.2) is 73.3 Å². The number of benzene rings is 2. The van der Waals surface area contributed by atoms with E-state index >= 15 is 0 Å². The van der Waals surface area contributed by atoms with Crippen molar-refractivity contribution in [1.82, 2.24) is 49.5 Å². The zero-order valence-corrected chi connectivity index (χ0v) is 38.8. The molecule has 0 spiro atoms. The fraction of sp³-hybridized carbons (Fsp3) is 0.520. The van der Waals surface area contributed by atoms with Gasteiger partial charge in [0.1, 0.15) is 47.4 Å². The number of nitrogens with one attached hydrogen (secondary N) is 2. The van der Waals surface area contributed by atoms with Crippen LogP contribution in [0.25, 0.3) is 0 Å². The third kappa shape index (κ3) is 9.63. The summed E-state index contributed by atoms with van der Waals surface area (Å²) in [5, 5.41) is 17.0. The van der Waals surface area contributed by atoms with Gasteiger partial charge in [-0.3, -0.25) is 0 Å². The van der Waals surface area contributed by atoms with Crippen molar-refractivity contribution in [2.24, 2.45) is 23.7 Å². The number of aromatic nitrogens is 10. The summed E-state index contributed by atoms with van der Waals surface area (Å²) < 4.78 is 43.0. The summed E-state index contributed by atoms with van der Waals surface area (Å²) >= 11 is 0. The largest absolute Gasteiger partial charge is 0.482 e. The van der Waals surface area contributed by atoms with Crippen molar-refractivity contribution in [3.63, 3.8) is 0 Å². The van der Waals surface area contributed by atoms with Gasteiger partial charge in [-0.15, -0.1) is 10.2 Å². The molecule has 6 aromatic rings. The van der Waals surface area contributed by atoms with Crippen molar-refractivity contribution >= 4 is 23.5 Å². The van der Waals surface area contributed by atoms with Crippen molar-refractivity contribution in [2.45, 2.75) is 115 Å². The molecular formula is C50H60F2N14O2. The lowest BCUT2D eigenvalue weighted by Crippen LogP contribution is -2.48. The van der Waals surface area contributed by atoms with E-state index in [9.17, 15) is 8.78 Å². The SMILES string of the molecule is Cc1cc(N2C[C@H]3CC[C@@H](C2)C3Nc2nc3n(n2)CCCC[C@@H]3Oc2ccc(F)cc2)ncn1.Cc1cc(N2C[C@H]3CC[C@@H](C2)C3Nc2nc3n(n2)CCCC[C@H]3Oc2ccc(F)cc2)ncn1. The summed E-state index contributed by atoms with van der Waals surface area (Å²) in [6.07, 6.45) is 13.7. The highest BCUT2D eigenvalue weighted by molar-refractivity contribution is 5.43. The number of anilines is 4. The molecule has 8 heterocycles. The molecule has 2 saturated carbocycles.